The van der Waals surface area contributed by atoms with Crippen LogP contribution in [0.2, 0.25) is 0 Å². The largest absolute Gasteiger partial charge is 0.368 e. The van der Waals surface area contributed by atoms with Gasteiger partial charge < -0.3 is 11.1 Å². The third-order valence-corrected chi connectivity index (χ3v) is 6.28. The smallest absolute Gasteiger partial charge is 0.237 e. The van der Waals surface area contributed by atoms with Crippen molar-refractivity contribution in [2.75, 3.05) is 24.6 Å². The summed E-state index contributed by atoms with van der Waals surface area (Å²) in [5.74, 6) is 0.147. The summed E-state index contributed by atoms with van der Waals surface area (Å²) in [5.41, 5.74) is 4.87. The van der Waals surface area contributed by atoms with Crippen LogP contribution in [0.5, 0.6) is 0 Å². The zero-order valence-corrected chi connectivity index (χ0v) is 13.8. The van der Waals surface area contributed by atoms with Crippen LogP contribution in [0.25, 0.3) is 0 Å². The van der Waals surface area contributed by atoms with Gasteiger partial charge in [0.2, 0.25) is 5.91 Å². The van der Waals surface area contributed by atoms with E-state index < -0.39 is 15.4 Å². The Balaban J connectivity index is 1.97. The molecule has 2 aliphatic rings. The first-order valence-electron chi connectivity index (χ1n) is 7.74. The van der Waals surface area contributed by atoms with Crippen LogP contribution < -0.4 is 11.1 Å². The average molecular weight is 317 g/mol. The van der Waals surface area contributed by atoms with Crippen LogP contribution in [0.1, 0.15) is 39.5 Å². The number of primary amides is 1. The highest BCUT2D eigenvalue weighted by Gasteiger charge is 2.39. The van der Waals surface area contributed by atoms with Crippen LogP contribution in [0.15, 0.2) is 0 Å². The van der Waals surface area contributed by atoms with Gasteiger partial charge in [-0.3, -0.25) is 9.69 Å². The normalized spacial score (nSPS) is 27.5. The van der Waals surface area contributed by atoms with Gasteiger partial charge in [-0.25, -0.2) is 8.42 Å². The van der Waals surface area contributed by atoms with Gasteiger partial charge in [-0.15, -0.1) is 0 Å². The Bertz CT molecular complexity index is 490. The maximum absolute atomic E-state index is 11.8. The van der Waals surface area contributed by atoms with E-state index in [4.69, 9.17) is 5.73 Å². The molecule has 0 bridgehead atoms. The van der Waals surface area contributed by atoms with E-state index in [-0.39, 0.29) is 23.5 Å². The first kappa shape index (κ1) is 16.7. The van der Waals surface area contributed by atoms with E-state index in [0.717, 1.165) is 19.4 Å². The van der Waals surface area contributed by atoms with Crippen LogP contribution in [-0.2, 0) is 14.6 Å². The third kappa shape index (κ3) is 4.66. The van der Waals surface area contributed by atoms with E-state index >= 15 is 0 Å². The van der Waals surface area contributed by atoms with Crippen LogP contribution >= 0.6 is 0 Å². The Morgan fingerprint density at radius 1 is 1.38 bits per heavy atom. The fourth-order valence-corrected chi connectivity index (χ4v) is 4.31. The van der Waals surface area contributed by atoms with Crippen LogP contribution in [-0.4, -0.2) is 61.4 Å². The second-order valence-corrected chi connectivity index (χ2v) is 9.01. The number of carbonyl (C=O) groups is 1. The number of carbonyl (C=O) groups excluding carboxylic acids is 1. The summed E-state index contributed by atoms with van der Waals surface area (Å²) < 4.78 is 23.3. The summed E-state index contributed by atoms with van der Waals surface area (Å²) >= 11 is 0. The Morgan fingerprint density at radius 3 is 2.62 bits per heavy atom. The van der Waals surface area contributed by atoms with Crippen molar-refractivity contribution in [1.29, 1.82) is 0 Å². The van der Waals surface area contributed by atoms with E-state index in [9.17, 15) is 13.2 Å². The molecule has 1 aliphatic heterocycles. The second-order valence-electron chi connectivity index (χ2n) is 6.71. The molecule has 122 valence electrons. The highest BCUT2D eigenvalue weighted by atomic mass is 32.2. The first-order chi connectivity index (χ1) is 9.72. The molecule has 0 aromatic heterocycles. The maximum atomic E-state index is 11.8. The molecule has 6 nitrogen and oxygen atoms in total. The third-order valence-electron chi connectivity index (χ3n) is 4.56. The summed E-state index contributed by atoms with van der Waals surface area (Å²) in [6.45, 7) is 5.22. The SMILES string of the molecule is CC(CC(C)(NC1CC1)C(N)=O)N1CCCS(=O)(=O)CC1. The maximum Gasteiger partial charge on any atom is 0.237 e. The minimum absolute atomic E-state index is 0.127. The van der Waals surface area contributed by atoms with E-state index in [1.54, 1.807) is 0 Å². The lowest BCUT2D eigenvalue weighted by molar-refractivity contribution is -0.124. The Hall–Kier alpha value is -0.660. The predicted molar refractivity (Wildman–Crippen MR) is 82.7 cm³/mol. The summed E-state index contributed by atoms with van der Waals surface area (Å²) in [4.78, 5) is 14.0. The number of sulfone groups is 1. The Labute approximate surface area is 127 Å². The molecule has 1 heterocycles. The van der Waals surface area contributed by atoms with E-state index in [1.807, 2.05) is 13.8 Å². The molecule has 2 unspecified atom stereocenters. The van der Waals surface area contributed by atoms with Gasteiger partial charge in [-0.1, -0.05) is 0 Å². The summed E-state index contributed by atoms with van der Waals surface area (Å²) in [7, 11) is -2.90. The van der Waals surface area contributed by atoms with E-state index in [1.165, 1.54) is 0 Å². The molecule has 2 fully saturated rings. The van der Waals surface area contributed by atoms with Gasteiger partial charge in [-0.2, -0.15) is 0 Å². The molecule has 2 atom stereocenters. The minimum atomic E-state index is -2.90. The van der Waals surface area contributed by atoms with Gasteiger partial charge in [0.25, 0.3) is 0 Å². The van der Waals surface area contributed by atoms with Gasteiger partial charge in [0, 0.05) is 18.6 Å². The second kappa shape index (κ2) is 6.22. The zero-order chi connectivity index (χ0) is 15.7. The lowest BCUT2D eigenvalue weighted by Gasteiger charge is -2.35. The monoisotopic (exact) mass is 317 g/mol. The summed E-state index contributed by atoms with van der Waals surface area (Å²) in [6, 6.07) is 0.529. The van der Waals surface area contributed by atoms with E-state index in [0.29, 0.717) is 25.4 Å². The number of hydrogen-bond donors (Lipinski definition) is 2. The van der Waals surface area contributed by atoms with Crippen molar-refractivity contribution >= 4 is 15.7 Å². The molecule has 0 spiro atoms. The molecule has 1 aliphatic carbocycles. The average Bonchev–Trinajstić information content (AvgIpc) is 3.16. The highest BCUT2D eigenvalue weighted by molar-refractivity contribution is 7.91. The Kier molecular flexibility index (Phi) is 4.95. The summed E-state index contributed by atoms with van der Waals surface area (Å²) in [5, 5.41) is 3.35. The number of nitrogens with one attached hydrogen (secondary N) is 1. The van der Waals surface area contributed by atoms with Crippen LogP contribution in [0.3, 0.4) is 0 Å². The van der Waals surface area contributed by atoms with Crippen LogP contribution in [0, 0.1) is 0 Å². The first-order valence-corrected chi connectivity index (χ1v) is 9.56. The fourth-order valence-electron chi connectivity index (χ4n) is 3.03. The molecule has 1 saturated heterocycles. The molecule has 2 rings (SSSR count). The van der Waals surface area contributed by atoms with Gasteiger partial charge in [0.05, 0.1) is 17.0 Å². The molecule has 0 aromatic rings. The lowest BCUT2D eigenvalue weighted by Crippen LogP contribution is -2.57. The van der Waals surface area contributed by atoms with Crippen molar-refractivity contribution in [1.82, 2.24) is 10.2 Å². The highest BCUT2D eigenvalue weighted by Crippen LogP contribution is 2.26. The van der Waals surface area contributed by atoms with E-state index in [2.05, 4.69) is 10.2 Å². The molecule has 1 amide bonds. The lowest BCUT2D eigenvalue weighted by atomic mass is 9.91. The number of hydrogen-bond acceptors (Lipinski definition) is 5. The van der Waals surface area contributed by atoms with Crippen molar-refractivity contribution in [3.8, 4) is 0 Å². The molecule has 0 aromatic carbocycles. The van der Waals surface area contributed by atoms with Gasteiger partial charge in [0.15, 0.2) is 9.84 Å². The molecule has 1 saturated carbocycles. The minimum Gasteiger partial charge on any atom is -0.368 e. The topological polar surface area (TPSA) is 92.5 Å². The molecule has 7 heteroatoms. The van der Waals surface area contributed by atoms with Gasteiger partial charge >= 0.3 is 0 Å². The quantitative estimate of drug-likeness (QED) is 0.712. The summed E-state index contributed by atoms with van der Waals surface area (Å²) in [6.07, 6.45) is 3.47. The number of amides is 1. The molecule has 0 radical (unpaired) electrons. The predicted octanol–water partition coefficient (Wildman–Crippen LogP) is -0.118. The standard InChI is InChI=1S/C14H27N3O3S/c1-11(17-6-3-8-21(19,20)9-7-17)10-14(2,13(15)18)16-12-4-5-12/h11-12,16H,3-10H2,1-2H3,(H2,15,18). The zero-order valence-electron chi connectivity index (χ0n) is 13.0. The molecule has 21 heavy (non-hydrogen) atoms. The van der Waals surface area contributed by atoms with Crippen molar-refractivity contribution < 1.29 is 13.2 Å². The molecular weight excluding hydrogens is 290 g/mol. The number of nitrogens with two attached hydrogens (primary N) is 1. The molecule has 3 N–H and O–H groups in total. The van der Waals surface area contributed by atoms with Gasteiger partial charge in [0.1, 0.15) is 0 Å². The number of rotatable bonds is 6. The Morgan fingerprint density at radius 2 is 2.05 bits per heavy atom. The van der Waals surface area contributed by atoms with Crippen molar-refractivity contribution in [2.45, 2.75) is 57.2 Å². The molecular formula is C14H27N3O3S. The van der Waals surface area contributed by atoms with Crippen LogP contribution in [0.4, 0.5) is 0 Å². The van der Waals surface area contributed by atoms with Crippen molar-refractivity contribution in [3.05, 3.63) is 0 Å². The van der Waals surface area contributed by atoms with Gasteiger partial charge in [-0.05, 0) is 46.1 Å². The van der Waals surface area contributed by atoms with Crippen molar-refractivity contribution in [3.63, 3.8) is 0 Å². The van der Waals surface area contributed by atoms with Crippen molar-refractivity contribution in [2.24, 2.45) is 5.73 Å². The number of nitrogens with zero attached hydrogens (tertiary/aromatic N) is 1. The fraction of sp³-hybridized carbons (Fsp3) is 0.929.